The molecule has 1 aromatic carbocycles. The summed E-state index contributed by atoms with van der Waals surface area (Å²) in [7, 11) is 0. The molecule has 0 unspecified atom stereocenters. The first-order valence-electron chi connectivity index (χ1n) is 6.99. The van der Waals surface area contributed by atoms with Crippen molar-refractivity contribution in [3.05, 3.63) is 34.1 Å². The highest BCUT2D eigenvalue weighted by molar-refractivity contribution is 5.98. The summed E-state index contributed by atoms with van der Waals surface area (Å²) in [6.07, 6.45) is -2.75. The Morgan fingerprint density at radius 1 is 1.29 bits per heavy atom. The van der Waals surface area contributed by atoms with E-state index < -0.39 is 53.7 Å². The maximum absolute atomic E-state index is 12.1. The van der Waals surface area contributed by atoms with Crippen LogP contribution in [0.3, 0.4) is 0 Å². The number of hydrogen-bond acceptors (Lipinski definition) is 8. The fourth-order valence-corrected chi connectivity index (χ4v) is 2.47. The molecule has 0 bridgehead atoms. The van der Waals surface area contributed by atoms with Gasteiger partial charge in [-0.05, 0) is 25.5 Å². The highest BCUT2D eigenvalue weighted by Gasteiger charge is 2.30. The molecule has 2 rings (SSSR count). The van der Waals surface area contributed by atoms with Gasteiger partial charge in [-0.15, -0.1) is 0 Å². The number of cyclic esters (lactones) is 1. The average Bonchev–Trinajstić information content (AvgIpc) is 2.73. The van der Waals surface area contributed by atoms with Gasteiger partial charge in [0, 0.05) is 29.9 Å². The molecule has 0 spiro atoms. The molecule has 1 aromatic rings. The topological polar surface area (TPSA) is 147 Å². The van der Waals surface area contributed by atoms with Crippen LogP contribution in [0.2, 0.25) is 0 Å². The second-order valence-corrected chi connectivity index (χ2v) is 5.46. The molecule has 0 aliphatic carbocycles. The number of aryl methyl sites for hydroxylation is 1. The number of Topliss-reactive ketones (excluding diaryl/α,β-unsaturated/α-hetero) is 1. The maximum atomic E-state index is 12.1. The zero-order valence-electron chi connectivity index (χ0n) is 12.9. The van der Waals surface area contributed by atoms with Crippen molar-refractivity contribution in [3.8, 4) is 11.5 Å². The van der Waals surface area contributed by atoms with Crippen LogP contribution < -0.4 is 10.2 Å². The number of phenolic OH excluding ortho intramolecular Hbond substituents is 2. The van der Waals surface area contributed by atoms with Gasteiger partial charge in [0.2, 0.25) is 0 Å². The molecule has 128 valence electrons. The fourth-order valence-electron chi connectivity index (χ4n) is 2.47. The fraction of sp³-hybridized carbons (Fsp3) is 0.312. The van der Waals surface area contributed by atoms with Gasteiger partial charge < -0.3 is 30.0 Å². The van der Waals surface area contributed by atoms with E-state index in [0.717, 1.165) is 0 Å². The number of ether oxygens (including phenoxy) is 1. The molecule has 0 fully saturated rings. The van der Waals surface area contributed by atoms with Crippen molar-refractivity contribution in [1.82, 2.24) is 0 Å². The van der Waals surface area contributed by atoms with Gasteiger partial charge in [-0.25, -0.2) is 4.79 Å². The van der Waals surface area contributed by atoms with Gasteiger partial charge in [0.05, 0.1) is 5.56 Å². The predicted molar refractivity (Wildman–Crippen MR) is 74.7 cm³/mol. The second kappa shape index (κ2) is 6.23. The minimum atomic E-state index is -1.55. The molecule has 0 saturated heterocycles. The van der Waals surface area contributed by atoms with Crippen molar-refractivity contribution in [2.45, 2.75) is 32.8 Å². The molecule has 24 heavy (non-hydrogen) atoms. The largest absolute Gasteiger partial charge is 0.873 e. The van der Waals surface area contributed by atoms with Crippen LogP contribution in [-0.2, 0) is 20.7 Å². The number of hydrogen-bond donors (Lipinski definition) is 2. The minimum Gasteiger partial charge on any atom is -0.873 e. The number of rotatable bonds is 5. The highest BCUT2D eigenvalue weighted by Crippen LogP contribution is 2.37. The van der Waals surface area contributed by atoms with Crippen LogP contribution >= 0.6 is 0 Å². The Kier molecular flexibility index (Phi) is 4.50. The predicted octanol–water partition coefficient (Wildman–Crippen LogP) is -1.17. The van der Waals surface area contributed by atoms with Crippen LogP contribution in [0.5, 0.6) is 11.5 Å². The number of ketones is 1. The lowest BCUT2D eigenvalue weighted by Gasteiger charge is -2.18. The second-order valence-electron chi connectivity index (χ2n) is 5.46. The monoisotopic (exact) mass is 334 g/mol. The normalized spacial score (nSPS) is 17.1. The molecule has 1 atom stereocenters. The Labute approximate surface area is 136 Å². The van der Waals surface area contributed by atoms with Gasteiger partial charge in [-0.3, -0.25) is 4.79 Å². The molecule has 0 radical (unpaired) electrons. The molecule has 0 saturated carbocycles. The minimum absolute atomic E-state index is 0.0639. The lowest BCUT2D eigenvalue weighted by molar-refractivity contribution is -0.326. The number of benzene rings is 1. The van der Waals surface area contributed by atoms with E-state index in [4.69, 9.17) is 0 Å². The van der Waals surface area contributed by atoms with Crippen LogP contribution in [0.4, 0.5) is 0 Å². The van der Waals surface area contributed by atoms with Crippen LogP contribution in [0, 0.1) is 6.92 Å². The number of carbonyl (C=O) groups is 3. The number of carboxylic acid groups (broad SMARTS) is 1. The number of esters is 1. The molecule has 0 aromatic heterocycles. The first-order chi connectivity index (χ1) is 11.1. The third-order valence-corrected chi connectivity index (χ3v) is 3.73. The van der Waals surface area contributed by atoms with Gasteiger partial charge >= 0.3 is 5.97 Å². The van der Waals surface area contributed by atoms with Gasteiger partial charge in [0.1, 0.15) is 17.6 Å². The van der Waals surface area contributed by atoms with E-state index in [1.165, 1.54) is 19.9 Å². The van der Waals surface area contributed by atoms with Gasteiger partial charge in [0.25, 0.3) is 0 Å². The van der Waals surface area contributed by atoms with Gasteiger partial charge in [-0.1, -0.05) is 5.76 Å². The van der Waals surface area contributed by atoms with Crippen molar-refractivity contribution in [3.63, 3.8) is 0 Å². The van der Waals surface area contributed by atoms with Crippen LogP contribution in [0.15, 0.2) is 17.4 Å². The Morgan fingerprint density at radius 3 is 2.46 bits per heavy atom. The maximum Gasteiger partial charge on any atom is 0.334 e. The Morgan fingerprint density at radius 2 is 1.92 bits per heavy atom. The smallest absolute Gasteiger partial charge is 0.334 e. The quantitative estimate of drug-likeness (QED) is 0.506. The van der Waals surface area contributed by atoms with Gasteiger partial charge in [0.15, 0.2) is 5.78 Å². The molecule has 1 aliphatic rings. The molecule has 8 nitrogen and oxygen atoms in total. The summed E-state index contributed by atoms with van der Waals surface area (Å²) >= 11 is 0. The van der Waals surface area contributed by atoms with E-state index in [-0.39, 0.29) is 22.4 Å². The Balaban J connectivity index is 2.47. The molecule has 1 heterocycles. The lowest BCUT2D eigenvalue weighted by atomic mass is 9.95. The number of aromatic hydroxyl groups is 2. The van der Waals surface area contributed by atoms with E-state index in [1.807, 2.05) is 0 Å². The van der Waals surface area contributed by atoms with E-state index in [0.29, 0.717) is 0 Å². The van der Waals surface area contributed by atoms with Crippen LogP contribution in [0.1, 0.15) is 34.8 Å². The summed E-state index contributed by atoms with van der Waals surface area (Å²) < 4.78 is 4.68. The molecule has 8 heteroatoms. The summed E-state index contributed by atoms with van der Waals surface area (Å²) in [5.74, 6) is -4.81. The number of phenols is 2. The van der Waals surface area contributed by atoms with Crippen molar-refractivity contribution < 1.29 is 39.5 Å². The molecular weight excluding hydrogens is 320 g/mol. The first-order valence-corrected chi connectivity index (χ1v) is 6.99. The molecule has 1 aliphatic heterocycles. The summed E-state index contributed by atoms with van der Waals surface area (Å²) in [6.45, 7) is 2.70. The highest BCUT2D eigenvalue weighted by atomic mass is 16.6. The third kappa shape index (κ3) is 3.03. The van der Waals surface area contributed by atoms with E-state index in [9.17, 15) is 34.8 Å². The van der Waals surface area contributed by atoms with Crippen LogP contribution in [0.25, 0.3) is 0 Å². The number of carbonyl (C=O) groups excluding carboxylic acids is 3. The van der Waals surface area contributed by atoms with Crippen molar-refractivity contribution in [2.75, 3.05) is 0 Å². The van der Waals surface area contributed by atoms with Gasteiger partial charge in [-0.2, -0.15) is 0 Å². The summed E-state index contributed by atoms with van der Waals surface area (Å²) in [4.78, 5) is 33.9. The summed E-state index contributed by atoms with van der Waals surface area (Å²) in [5.41, 5.74) is -0.369. The standard InChI is InChI=1S/C16H16O8/c1-6-3-8(7(2)17)14(21)9(13(6)20)4-10-15(22)11(5-12(18)19)24-16(10)23/h3,11,20-22H,4-5H2,1-2H3,(H,18,19)/p-2/t11-/m0/s1. The molecular formula is C16H14O8-2. The van der Waals surface area contributed by atoms with E-state index in [2.05, 4.69) is 4.74 Å². The number of aliphatic carboxylic acids is 1. The first kappa shape index (κ1) is 17.3. The van der Waals surface area contributed by atoms with Crippen molar-refractivity contribution >= 4 is 17.7 Å². The zero-order valence-corrected chi connectivity index (χ0v) is 12.9. The van der Waals surface area contributed by atoms with E-state index >= 15 is 0 Å². The molecule has 2 N–H and O–H groups in total. The Hall–Kier alpha value is -3.03. The molecule has 0 amide bonds. The zero-order chi connectivity index (χ0) is 18.2. The number of carboxylic acids is 1. The Bertz CT molecular complexity index is 775. The SMILES string of the molecule is CC(=O)c1cc(C)c(O)c(CC2=C([O-])[C@H](CC(=O)[O-])OC2=O)c1O. The van der Waals surface area contributed by atoms with Crippen LogP contribution in [-0.4, -0.2) is 34.0 Å². The summed E-state index contributed by atoms with van der Waals surface area (Å²) in [6, 6.07) is 1.29. The third-order valence-electron chi connectivity index (χ3n) is 3.73. The summed E-state index contributed by atoms with van der Waals surface area (Å²) in [5, 5.41) is 42.9. The lowest BCUT2D eigenvalue weighted by Crippen LogP contribution is -2.31. The van der Waals surface area contributed by atoms with E-state index in [1.54, 1.807) is 0 Å². The average molecular weight is 334 g/mol. The van der Waals surface area contributed by atoms with Crippen molar-refractivity contribution in [1.29, 1.82) is 0 Å². The van der Waals surface area contributed by atoms with Crippen molar-refractivity contribution in [2.24, 2.45) is 0 Å².